The summed E-state index contributed by atoms with van der Waals surface area (Å²) in [5, 5.41) is 8.50. The van der Waals surface area contributed by atoms with Crippen molar-refractivity contribution in [2.24, 2.45) is 0 Å². The molecule has 0 radical (unpaired) electrons. The van der Waals surface area contributed by atoms with Crippen LogP contribution in [0.2, 0.25) is 0 Å². The second kappa shape index (κ2) is 42.8. The largest absolute Gasteiger partial charge is 0.396 e. The van der Waals surface area contributed by atoms with Crippen LogP contribution in [0.4, 0.5) is 0 Å². The maximum absolute atomic E-state index is 8.50. The van der Waals surface area contributed by atoms with E-state index in [1.54, 1.807) is 7.11 Å². The predicted molar refractivity (Wildman–Crippen MR) is 94.8 cm³/mol. The Kier molecular flexibility index (Phi) is 91.4. The lowest BCUT2D eigenvalue weighted by Gasteiger charge is -2.04. The SMILES string of the molecule is C.C.C.C.C.C.COCCOCCCOCCCCO. The number of unbranched alkanes of at least 4 members (excludes halogenated alkanes) is 1. The average molecular weight is 303 g/mol. The van der Waals surface area contributed by atoms with Crippen LogP contribution < -0.4 is 0 Å². The van der Waals surface area contributed by atoms with Gasteiger partial charge in [-0.15, -0.1) is 0 Å². The first kappa shape index (κ1) is 42.7. The fourth-order valence-corrected chi connectivity index (χ4v) is 0.925. The van der Waals surface area contributed by atoms with Gasteiger partial charge >= 0.3 is 0 Å². The third kappa shape index (κ3) is 43.1. The zero-order valence-electron chi connectivity index (χ0n) is 9.04. The summed E-state index contributed by atoms with van der Waals surface area (Å²) in [6.45, 7) is 3.75. The predicted octanol–water partition coefficient (Wildman–Crippen LogP) is 4.65. The first-order chi connectivity index (χ1) is 6.91. The van der Waals surface area contributed by atoms with Crippen molar-refractivity contribution in [3.63, 3.8) is 0 Å². The molecule has 0 aliphatic rings. The molecular weight excluding hydrogens is 256 g/mol. The van der Waals surface area contributed by atoms with E-state index in [4.69, 9.17) is 19.3 Å². The van der Waals surface area contributed by atoms with E-state index in [2.05, 4.69) is 0 Å². The molecule has 0 rings (SSSR count). The van der Waals surface area contributed by atoms with Gasteiger partial charge in [-0.3, -0.25) is 0 Å². The van der Waals surface area contributed by atoms with Crippen molar-refractivity contribution in [3.05, 3.63) is 0 Å². The third-order valence-corrected chi connectivity index (χ3v) is 1.71. The number of methoxy groups -OCH3 is 1. The quantitative estimate of drug-likeness (QED) is 0.565. The minimum absolute atomic E-state index is 0. The summed E-state index contributed by atoms with van der Waals surface area (Å²) in [6, 6.07) is 0. The standard InChI is InChI=1S/C10H22O4.6CH4/c1-12-9-10-14-8-4-7-13-6-3-2-5-11;;;;;;/h11H,2-10H2,1H3;6*1H4. The average Bonchev–Trinajstić information content (AvgIpc) is 2.21. The van der Waals surface area contributed by atoms with E-state index in [1.165, 1.54) is 0 Å². The van der Waals surface area contributed by atoms with Crippen molar-refractivity contribution in [3.8, 4) is 0 Å². The van der Waals surface area contributed by atoms with Crippen molar-refractivity contribution in [2.45, 2.75) is 63.8 Å². The highest BCUT2D eigenvalue weighted by molar-refractivity contribution is 4.38. The molecule has 134 valence electrons. The first-order valence-electron chi connectivity index (χ1n) is 5.17. The summed E-state index contributed by atoms with van der Waals surface area (Å²) in [5.74, 6) is 0. The van der Waals surface area contributed by atoms with Crippen LogP contribution in [0, 0.1) is 0 Å². The van der Waals surface area contributed by atoms with Crippen molar-refractivity contribution in [2.75, 3.05) is 46.8 Å². The van der Waals surface area contributed by atoms with Gasteiger partial charge in [-0.2, -0.15) is 0 Å². The minimum Gasteiger partial charge on any atom is -0.396 e. The summed E-state index contributed by atoms with van der Waals surface area (Å²) in [5.41, 5.74) is 0. The monoisotopic (exact) mass is 302 g/mol. The third-order valence-electron chi connectivity index (χ3n) is 1.71. The number of rotatable bonds is 11. The number of ether oxygens (including phenoxy) is 3. The van der Waals surface area contributed by atoms with Gasteiger partial charge in [-0.1, -0.05) is 44.6 Å². The summed E-state index contributed by atoms with van der Waals surface area (Å²) in [4.78, 5) is 0. The Hall–Kier alpha value is -0.160. The molecule has 0 spiro atoms. The molecule has 0 aliphatic carbocycles. The smallest absolute Gasteiger partial charge is 0.0700 e. The molecule has 0 unspecified atom stereocenters. The van der Waals surface area contributed by atoms with E-state index < -0.39 is 0 Å². The Morgan fingerprint density at radius 3 is 1.50 bits per heavy atom. The van der Waals surface area contributed by atoms with Crippen LogP contribution in [0.3, 0.4) is 0 Å². The molecule has 0 aliphatic heterocycles. The van der Waals surface area contributed by atoms with Gasteiger partial charge < -0.3 is 19.3 Å². The first-order valence-corrected chi connectivity index (χ1v) is 5.17. The van der Waals surface area contributed by atoms with Crippen LogP contribution in [0.15, 0.2) is 0 Å². The van der Waals surface area contributed by atoms with Crippen LogP contribution in [0.5, 0.6) is 0 Å². The molecule has 0 heterocycles. The molecule has 0 aromatic heterocycles. The summed E-state index contributed by atoms with van der Waals surface area (Å²) in [7, 11) is 1.66. The molecule has 0 bridgehead atoms. The highest BCUT2D eigenvalue weighted by atomic mass is 16.5. The van der Waals surface area contributed by atoms with Crippen molar-refractivity contribution in [1.82, 2.24) is 0 Å². The van der Waals surface area contributed by atoms with Gasteiger partial charge in [0.2, 0.25) is 0 Å². The fourth-order valence-electron chi connectivity index (χ4n) is 0.925. The van der Waals surface area contributed by atoms with Crippen molar-refractivity contribution in [1.29, 1.82) is 0 Å². The molecule has 0 aromatic carbocycles. The van der Waals surface area contributed by atoms with Gasteiger partial charge in [0.1, 0.15) is 0 Å². The Bertz CT molecular complexity index is 88.5. The molecule has 0 atom stereocenters. The normalized spacial score (nSPS) is 7.50. The lowest BCUT2D eigenvalue weighted by molar-refractivity contribution is 0.0503. The Morgan fingerprint density at radius 1 is 0.600 bits per heavy atom. The summed E-state index contributed by atoms with van der Waals surface area (Å²) >= 11 is 0. The van der Waals surface area contributed by atoms with Crippen molar-refractivity contribution < 1.29 is 19.3 Å². The number of aliphatic hydroxyl groups is 1. The van der Waals surface area contributed by atoms with Crippen molar-refractivity contribution >= 4 is 0 Å². The van der Waals surface area contributed by atoms with E-state index in [9.17, 15) is 0 Å². The fraction of sp³-hybridized carbons (Fsp3) is 1.00. The van der Waals surface area contributed by atoms with Crippen LogP contribution >= 0.6 is 0 Å². The zero-order valence-corrected chi connectivity index (χ0v) is 9.04. The van der Waals surface area contributed by atoms with E-state index in [0.717, 1.165) is 39.1 Å². The molecule has 4 heteroatoms. The molecule has 0 saturated carbocycles. The minimum atomic E-state index is 0. The Morgan fingerprint density at radius 2 is 1.05 bits per heavy atom. The van der Waals surface area contributed by atoms with Gasteiger partial charge in [0, 0.05) is 33.5 Å². The number of aliphatic hydroxyl groups excluding tert-OH is 1. The van der Waals surface area contributed by atoms with Gasteiger partial charge in [0.05, 0.1) is 13.2 Å². The molecule has 1 N–H and O–H groups in total. The molecule has 4 nitrogen and oxygen atoms in total. The molecule has 20 heavy (non-hydrogen) atoms. The molecule has 0 aromatic rings. The molecular formula is C16H46O4. The van der Waals surface area contributed by atoms with Crippen LogP contribution in [-0.2, 0) is 14.2 Å². The van der Waals surface area contributed by atoms with E-state index >= 15 is 0 Å². The van der Waals surface area contributed by atoms with E-state index in [-0.39, 0.29) is 51.2 Å². The van der Waals surface area contributed by atoms with Gasteiger partial charge in [0.15, 0.2) is 0 Å². The molecule has 0 amide bonds. The van der Waals surface area contributed by atoms with E-state index in [0.29, 0.717) is 13.2 Å². The Balaban J connectivity index is -0.0000000563. The molecule has 0 saturated heterocycles. The van der Waals surface area contributed by atoms with E-state index in [1.807, 2.05) is 0 Å². The maximum Gasteiger partial charge on any atom is 0.0700 e. The lowest BCUT2D eigenvalue weighted by Crippen LogP contribution is -2.06. The second-order valence-corrected chi connectivity index (χ2v) is 3.00. The number of hydrogen-bond donors (Lipinski definition) is 1. The van der Waals surface area contributed by atoms with Gasteiger partial charge in [-0.25, -0.2) is 0 Å². The second-order valence-electron chi connectivity index (χ2n) is 3.00. The molecule has 0 fully saturated rings. The van der Waals surface area contributed by atoms with Gasteiger partial charge in [-0.05, 0) is 19.3 Å². The maximum atomic E-state index is 8.50. The lowest BCUT2D eigenvalue weighted by atomic mass is 10.3. The highest BCUT2D eigenvalue weighted by Crippen LogP contribution is 1.90. The zero-order chi connectivity index (χ0) is 10.5. The Labute approximate surface area is 130 Å². The topological polar surface area (TPSA) is 47.9 Å². The van der Waals surface area contributed by atoms with Gasteiger partial charge in [0.25, 0.3) is 0 Å². The van der Waals surface area contributed by atoms with Crippen LogP contribution in [0.25, 0.3) is 0 Å². The van der Waals surface area contributed by atoms with Crippen LogP contribution in [0.1, 0.15) is 63.8 Å². The summed E-state index contributed by atoms with van der Waals surface area (Å²) < 4.78 is 15.4. The highest BCUT2D eigenvalue weighted by Gasteiger charge is 1.91. The number of hydrogen-bond acceptors (Lipinski definition) is 4. The van der Waals surface area contributed by atoms with Crippen LogP contribution in [-0.4, -0.2) is 51.9 Å². The summed E-state index contributed by atoms with van der Waals surface area (Å²) in [6.07, 6.45) is 2.67.